The molecule has 0 aromatic heterocycles. The van der Waals surface area contributed by atoms with Gasteiger partial charge in [-0.3, -0.25) is 4.99 Å². The molecule has 0 aromatic carbocycles. The van der Waals surface area contributed by atoms with Crippen LogP contribution in [0.25, 0.3) is 0 Å². The summed E-state index contributed by atoms with van der Waals surface area (Å²) < 4.78 is 0.869. The van der Waals surface area contributed by atoms with Gasteiger partial charge in [-0.15, -0.1) is 5.73 Å². The lowest BCUT2D eigenvalue weighted by atomic mass is 10.2. The first-order valence-electron chi connectivity index (χ1n) is 3.46. The summed E-state index contributed by atoms with van der Waals surface area (Å²) in [5.74, 6) is 0. The largest absolute Gasteiger partial charge is 0.254 e. The van der Waals surface area contributed by atoms with Gasteiger partial charge in [-0.2, -0.15) is 0 Å². The maximum Gasteiger partial charge on any atom is 0.0798 e. The molecule has 0 aliphatic heterocycles. The van der Waals surface area contributed by atoms with Gasteiger partial charge in [0, 0.05) is 6.20 Å². The molecule has 0 unspecified atom stereocenters. The van der Waals surface area contributed by atoms with Crippen molar-refractivity contribution in [1.82, 2.24) is 0 Å². The minimum absolute atomic E-state index is 0.869. The molecule has 0 radical (unpaired) electrons. The predicted molar refractivity (Wildman–Crippen MR) is 54.1 cm³/mol. The zero-order chi connectivity index (χ0) is 8.69. The van der Waals surface area contributed by atoms with Crippen LogP contribution in [-0.4, -0.2) is 4.62 Å². The molecule has 0 fully saturated rings. The van der Waals surface area contributed by atoms with Crippen molar-refractivity contribution in [2.24, 2.45) is 4.99 Å². The average Bonchev–Trinajstić information content (AvgIpc) is 1.98. The minimum Gasteiger partial charge on any atom is -0.254 e. The van der Waals surface area contributed by atoms with Gasteiger partial charge in [0.15, 0.2) is 0 Å². The van der Waals surface area contributed by atoms with Gasteiger partial charge in [-0.1, -0.05) is 13.5 Å². The number of hydrogen-bond acceptors (Lipinski definition) is 1. The molecule has 0 spiro atoms. The fourth-order valence-corrected chi connectivity index (χ4v) is 0.650. The van der Waals surface area contributed by atoms with E-state index in [1.807, 2.05) is 13.0 Å². The first kappa shape index (κ1) is 10.4. The number of halogens is 1. The lowest BCUT2D eigenvalue weighted by molar-refractivity contribution is 1.15. The summed E-state index contributed by atoms with van der Waals surface area (Å²) in [6, 6.07) is 0. The van der Waals surface area contributed by atoms with E-state index in [0.29, 0.717) is 0 Å². The van der Waals surface area contributed by atoms with E-state index in [4.69, 9.17) is 0 Å². The van der Waals surface area contributed by atoms with E-state index in [-0.39, 0.29) is 0 Å². The molecule has 0 atom stereocenters. The summed E-state index contributed by atoms with van der Waals surface area (Å²) in [7, 11) is 0. The predicted octanol–water partition coefficient (Wildman–Crippen LogP) is 3.43. The van der Waals surface area contributed by atoms with Crippen LogP contribution in [0.1, 0.15) is 20.3 Å². The quantitative estimate of drug-likeness (QED) is 0.387. The van der Waals surface area contributed by atoms with Gasteiger partial charge in [-0.25, -0.2) is 0 Å². The third kappa shape index (κ3) is 5.84. The van der Waals surface area contributed by atoms with Crippen molar-refractivity contribution >= 4 is 20.6 Å². The molecule has 0 saturated carbocycles. The Labute approximate surface area is 76.4 Å². The monoisotopic (exact) mass is 213 g/mol. The van der Waals surface area contributed by atoms with Crippen LogP contribution in [0.4, 0.5) is 0 Å². The van der Waals surface area contributed by atoms with Crippen LogP contribution in [0.15, 0.2) is 35.2 Å². The fourth-order valence-electron chi connectivity index (χ4n) is 0.532. The Kier molecular flexibility index (Phi) is 5.81. The third-order valence-electron chi connectivity index (χ3n) is 1.14. The van der Waals surface area contributed by atoms with E-state index >= 15 is 0 Å². The zero-order valence-electron chi connectivity index (χ0n) is 6.89. The standard InChI is InChI=1S/C9H12BrN/c1-4-9(5-2)6-7-11-8(3)10/h6-7H,1,5H2,2-3H3/b7-6-,11-8+. The summed E-state index contributed by atoms with van der Waals surface area (Å²) in [6.07, 6.45) is 4.58. The molecule has 0 aromatic rings. The number of rotatable bonds is 3. The topological polar surface area (TPSA) is 12.4 Å². The van der Waals surface area contributed by atoms with Gasteiger partial charge in [0.25, 0.3) is 0 Å². The van der Waals surface area contributed by atoms with Gasteiger partial charge in [0.2, 0.25) is 0 Å². The highest BCUT2D eigenvalue weighted by atomic mass is 79.9. The van der Waals surface area contributed by atoms with E-state index in [0.717, 1.165) is 16.6 Å². The Balaban J connectivity index is 4.13. The van der Waals surface area contributed by atoms with E-state index < -0.39 is 0 Å². The second-order valence-corrected chi connectivity index (χ2v) is 3.15. The highest BCUT2D eigenvalue weighted by Crippen LogP contribution is 1.99. The van der Waals surface area contributed by atoms with Crippen molar-refractivity contribution in [3.05, 3.63) is 30.2 Å². The van der Waals surface area contributed by atoms with Crippen LogP contribution in [0.3, 0.4) is 0 Å². The summed E-state index contributed by atoms with van der Waals surface area (Å²) in [5, 5.41) is 0. The molecule has 2 heteroatoms. The first-order valence-corrected chi connectivity index (χ1v) is 4.25. The number of aliphatic imine (C=N–C) groups is 1. The van der Waals surface area contributed by atoms with Gasteiger partial charge < -0.3 is 0 Å². The average molecular weight is 214 g/mol. The Morgan fingerprint density at radius 2 is 2.36 bits per heavy atom. The first-order chi connectivity index (χ1) is 5.20. The molecule has 0 saturated heterocycles. The van der Waals surface area contributed by atoms with Crippen molar-refractivity contribution in [2.45, 2.75) is 20.3 Å². The summed E-state index contributed by atoms with van der Waals surface area (Å²) >= 11 is 3.22. The van der Waals surface area contributed by atoms with E-state index in [2.05, 4.69) is 40.2 Å². The lowest BCUT2D eigenvalue weighted by Crippen LogP contribution is -1.72. The van der Waals surface area contributed by atoms with Crippen molar-refractivity contribution in [1.29, 1.82) is 0 Å². The maximum atomic E-state index is 4.02. The molecule has 60 valence electrons. The van der Waals surface area contributed by atoms with E-state index in [1.54, 1.807) is 6.20 Å². The van der Waals surface area contributed by atoms with E-state index in [9.17, 15) is 0 Å². The Hall–Kier alpha value is -0.590. The van der Waals surface area contributed by atoms with E-state index in [1.165, 1.54) is 0 Å². The zero-order valence-corrected chi connectivity index (χ0v) is 8.48. The second-order valence-electron chi connectivity index (χ2n) is 2.00. The van der Waals surface area contributed by atoms with Crippen molar-refractivity contribution < 1.29 is 0 Å². The summed E-state index contributed by atoms with van der Waals surface area (Å²) in [5.41, 5.74) is 3.89. The molecule has 11 heavy (non-hydrogen) atoms. The van der Waals surface area contributed by atoms with Crippen LogP contribution in [-0.2, 0) is 0 Å². The van der Waals surface area contributed by atoms with Crippen LogP contribution in [0, 0.1) is 0 Å². The van der Waals surface area contributed by atoms with Crippen LogP contribution in [0.2, 0.25) is 0 Å². The Bertz CT molecular complexity index is 216. The highest BCUT2D eigenvalue weighted by Gasteiger charge is 1.82. The van der Waals surface area contributed by atoms with Gasteiger partial charge in [-0.05, 0) is 40.9 Å². The van der Waals surface area contributed by atoms with Gasteiger partial charge in [0.1, 0.15) is 0 Å². The van der Waals surface area contributed by atoms with Crippen molar-refractivity contribution in [2.75, 3.05) is 0 Å². The molecule has 0 rings (SSSR count). The number of allylic oxidation sites excluding steroid dienone is 2. The molecule has 0 N–H and O–H groups in total. The van der Waals surface area contributed by atoms with Gasteiger partial charge >= 0.3 is 0 Å². The fraction of sp³-hybridized carbons (Fsp3) is 0.333. The summed E-state index contributed by atoms with van der Waals surface area (Å²) in [6.45, 7) is 7.50. The SMILES string of the molecule is C=C=C(/C=C\N=C(/C)Br)CC. The number of hydrogen-bond donors (Lipinski definition) is 0. The van der Waals surface area contributed by atoms with Crippen molar-refractivity contribution in [3.8, 4) is 0 Å². The molecule has 1 nitrogen and oxygen atoms in total. The molecular formula is C9H12BrN. The number of nitrogens with zero attached hydrogens (tertiary/aromatic N) is 1. The van der Waals surface area contributed by atoms with Crippen LogP contribution < -0.4 is 0 Å². The second kappa shape index (κ2) is 6.14. The normalized spacial score (nSPS) is 11.7. The summed E-state index contributed by atoms with van der Waals surface area (Å²) in [4.78, 5) is 4.02. The molecular weight excluding hydrogens is 202 g/mol. The molecule has 0 bridgehead atoms. The molecule has 0 heterocycles. The van der Waals surface area contributed by atoms with Crippen molar-refractivity contribution in [3.63, 3.8) is 0 Å². The van der Waals surface area contributed by atoms with Gasteiger partial charge in [0.05, 0.1) is 4.62 Å². The lowest BCUT2D eigenvalue weighted by Gasteiger charge is -1.87. The molecule has 0 aliphatic rings. The van der Waals surface area contributed by atoms with Crippen LogP contribution in [0.5, 0.6) is 0 Å². The maximum absolute atomic E-state index is 4.02. The minimum atomic E-state index is 0.869. The third-order valence-corrected chi connectivity index (χ3v) is 1.34. The Morgan fingerprint density at radius 1 is 1.73 bits per heavy atom. The Morgan fingerprint density at radius 3 is 2.73 bits per heavy atom. The molecule has 0 aliphatic carbocycles. The highest BCUT2D eigenvalue weighted by molar-refractivity contribution is 9.18. The molecule has 0 amide bonds. The van der Waals surface area contributed by atoms with Crippen LogP contribution >= 0.6 is 15.9 Å². The smallest absolute Gasteiger partial charge is 0.0798 e.